The number of methoxy groups -OCH3 is 1. The Balaban J connectivity index is 2.57. The fraction of sp³-hybridized carbons (Fsp3) is 0.615. The smallest absolute Gasteiger partial charge is 0.330 e. The molecular weight excluding hydrogens is 252 g/mol. The lowest BCUT2D eigenvalue weighted by molar-refractivity contribution is -0.154. The van der Waals surface area contributed by atoms with Crippen molar-refractivity contribution in [3.63, 3.8) is 0 Å². The first-order valence-corrected chi connectivity index (χ1v) is 5.97. The van der Waals surface area contributed by atoms with Crippen LogP contribution in [0, 0.1) is 0 Å². The molecule has 3 atom stereocenters. The van der Waals surface area contributed by atoms with Gasteiger partial charge in [0.05, 0.1) is 13.7 Å². The van der Waals surface area contributed by atoms with Crippen molar-refractivity contribution in [1.29, 1.82) is 0 Å². The zero-order valence-electron chi connectivity index (χ0n) is 11.3. The Hall–Kier alpha value is -1.21. The molecule has 0 saturated carbocycles. The summed E-state index contributed by atoms with van der Waals surface area (Å²) in [6.07, 6.45) is 3.46. The van der Waals surface area contributed by atoms with Gasteiger partial charge >= 0.3 is 5.97 Å². The fourth-order valence-corrected chi connectivity index (χ4v) is 1.78. The van der Waals surface area contributed by atoms with Gasteiger partial charge in [-0.1, -0.05) is 18.2 Å². The first-order valence-electron chi connectivity index (χ1n) is 5.97. The van der Waals surface area contributed by atoms with E-state index in [9.17, 15) is 15.0 Å². The highest BCUT2D eigenvalue weighted by Gasteiger charge is 2.43. The van der Waals surface area contributed by atoms with E-state index in [4.69, 9.17) is 9.47 Å². The van der Waals surface area contributed by atoms with E-state index in [0.717, 1.165) is 0 Å². The van der Waals surface area contributed by atoms with Gasteiger partial charge in [-0.05, 0) is 13.8 Å². The quantitative estimate of drug-likeness (QED) is 0.421. The molecule has 0 aromatic rings. The number of hydrogen-bond donors (Lipinski definition) is 2. The summed E-state index contributed by atoms with van der Waals surface area (Å²) in [7, 11) is 1.28. The minimum absolute atomic E-state index is 0.239. The van der Waals surface area contributed by atoms with Crippen LogP contribution in [-0.4, -0.2) is 54.0 Å². The molecule has 1 rings (SSSR count). The molecule has 1 fully saturated rings. The highest BCUT2D eigenvalue weighted by molar-refractivity contribution is 5.82. The fourth-order valence-electron chi connectivity index (χ4n) is 1.78. The second kappa shape index (κ2) is 6.81. The summed E-state index contributed by atoms with van der Waals surface area (Å²) >= 11 is 0. The van der Waals surface area contributed by atoms with Crippen molar-refractivity contribution in [2.45, 2.75) is 37.9 Å². The summed E-state index contributed by atoms with van der Waals surface area (Å²) in [5.74, 6) is -1.32. The second-order valence-corrected chi connectivity index (χ2v) is 4.58. The first-order chi connectivity index (χ1) is 8.89. The lowest BCUT2D eigenvalue weighted by Crippen LogP contribution is -2.36. The van der Waals surface area contributed by atoms with Crippen LogP contribution in [0.3, 0.4) is 0 Å². The maximum atomic E-state index is 10.8. The lowest BCUT2D eigenvalue weighted by Gasteiger charge is -2.19. The highest BCUT2D eigenvalue weighted by Crippen LogP contribution is 2.30. The summed E-state index contributed by atoms with van der Waals surface area (Å²) in [6.45, 7) is 3.18. The molecule has 0 aromatic carbocycles. The summed E-state index contributed by atoms with van der Waals surface area (Å²) < 4.78 is 15.4. The number of carbonyl (C=O) groups is 1. The molecule has 0 unspecified atom stereocenters. The van der Waals surface area contributed by atoms with Crippen LogP contribution in [0.15, 0.2) is 24.3 Å². The molecule has 0 amide bonds. The van der Waals surface area contributed by atoms with Crippen LogP contribution in [0.4, 0.5) is 0 Å². The molecule has 0 aliphatic carbocycles. The summed E-state index contributed by atoms with van der Waals surface area (Å²) in [5, 5.41) is 19.1. The zero-order valence-corrected chi connectivity index (χ0v) is 11.3. The Morgan fingerprint density at radius 3 is 2.68 bits per heavy atom. The molecular formula is C13H20O6. The van der Waals surface area contributed by atoms with Gasteiger partial charge in [0.25, 0.3) is 0 Å². The lowest BCUT2D eigenvalue weighted by atomic mass is 10.1. The van der Waals surface area contributed by atoms with Crippen LogP contribution in [0.25, 0.3) is 0 Å². The molecule has 1 heterocycles. The van der Waals surface area contributed by atoms with E-state index in [1.54, 1.807) is 13.8 Å². The van der Waals surface area contributed by atoms with Gasteiger partial charge in [0.2, 0.25) is 0 Å². The number of allylic oxidation sites excluding steroid dienone is 2. The zero-order chi connectivity index (χ0) is 14.5. The number of hydrogen-bond acceptors (Lipinski definition) is 6. The third-order valence-corrected chi connectivity index (χ3v) is 2.59. The Kier molecular flexibility index (Phi) is 5.68. The number of ether oxygens (including phenoxy) is 3. The minimum atomic E-state index is -0.943. The molecule has 0 radical (unpaired) electrons. The predicted molar refractivity (Wildman–Crippen MR) is 67.2 cm³/mol. The SMILES string of the molecule is COC(=O)C=CC=C[C@@H](O)[C@@H]1OC(C)(C)O[C@@H]1CO. The Labute approximate surface area is 112 Å². The van der Waals surface area contributed by atoms with Crippen molar-refractivity contribution in [2.24, 2.45) is 0 Å². The standard InChI is InChI=1S/C13H20O6/c1-13(2)18-10(8-14)12(19-13)9(15)6-4-5-7-11(16)17-3/h4-7,9-10,12,14-15H,8H2,1-3H3/t9-,10-,12+/m1/s1. The minimum Gasteiger partial charge on any atom is -0.466 e. The molecule has 1 aliphatic rings. The first kappa shape index (κ1) is 15.8. The van der Waals surface area contributed by atoms with Crippen molar-refractivity contribution < 1.29 is 29.2 Å². The third-order valence-electron chi connectivity index (χ3n) is 2.59. The van der Waals surface area contributed by atoms with Gasteiger partial charge in [0.15, 0.2) is 5.79 Å². The van der Waals surface area contributed by atoms with E-state index in [1.165, 1.54) is 31.4 Å². The average molecular weight is 272 g/mol. The van der Waals surface area contributed by atoms with Gasteiger partial charge < -0.3 is 24.4 Å². The van der Waals surface area contributed by atoms with Crippen LogP contribution < -0.4 is 0 Å². The normalized spacial score (nSPS) is 28.1. The Morgan fingerprint density at radius 1 is 1.42 bits per heavy atom. The molecule has 0 bridgehead atoms. The van der Waals surface area contributed by atoms with Gasteiger partial charge in [0, 0.05) is 6.08 Å². The molecule has 19 heavy (non-hydrogen) atoms. The number of aliphatic hydroxyl groups excluding tert-OH is 2. The van der Waals surface area contributed by atoms with Crippen molar-refractivity contribution in [1.82, 2.24) is 0 Å². The van der Waals surface area contributed by atoms with E-state index in [2.05, 4.69) is 4.74 Å². The largest absolute Gasteiger partial charge is 0.466 e. The van der Waals surface area contributed by atoms with Crippen molar-refractivity contribution >= 4 is 5.97 Å². The Bertz CT molecular complexity index is 360. The van der Waals surface area contributed by atoms with Gasteiger partial charge in [-0.3, -0.25) is 0 Å². The number of aliphatic hydroxyl groups is 2. The van der Waals surface area contributed by atoms with Gasteiger partial charge in [0.1, 0.15) is 18.3 Å². The molecule has 6 nitrogen and oxygen atoms in total. The van der Waals surface area contributed by atoms with Crippen molar-refractivity contribution in [3.8, 4) is 0 Å². The van der Waals surface area contributed by atoms with Crippen molar-refractivity contribution in [2.75, 3.05) is 13.7 Å². The number of carbonyl (C=O) groups excluding carboxylic acids is 1. The van der Waals surface area contributed by atoms with E-state index in [-0.39, 0.29) is 6.61 Å². The monoisotopic (exact) mass is 272 g/mol. The van der Waals surface area contributed by atoms with Gasteiger partial charge in [-0.15, -0.1) is 0 Å². The molecule has 0 spiro atoms. The van der Waals surface area contributed by atoms with E-state index in [0.29, 0.717) is 0 Å². The Morgan fingerprint density at radius 2 is 2.11 bits per heavy atom. The van der Waals surface area contributed by atoms with Gasteiger partial charge in [-0.25, -0.2) is 4.79 Å². The van der Waals surface area contributed by atoms with Crippen LogP contribution in [0.5, 0.6) is 0 Å². The van der Waals surface area contributed by atoms with Gasteiger partial charge in [-0.2, -0.15) is 0 Å². The maximum absolute atomic E-state index is 10.8. The second-order valence-electron chi connectivity index (χ2n) is 4.58. The van der Waals surface area contributed by atoms with Crippen LogP contribution in [-0.2, 0) is 19.0 Å². The third kappa shape index (κ3) is 4.76. The molecule has 0 aromatic heterocycles. The summed E-state index contributed by atoms with van der Waals surface area (Å²) in [5.41, 5.74) is 0. The topological polar surface area (TPSA) is 85.2 Å². The highest BCUT2D eigenvalue weighted by atomic mass is 16.8. The van der Waals surface area contributed by atoms with Crippen LogP contribution in [0.2, 0.25) is 0 Å². The van der Waals surface area contributed by atoms with Crippen molar-refractivity contribution in [3.05, 3.63) is 24.3 Å². The van der Waals surface area contributed by atoms with Crippen LogP contribution >= 0.6 is 0 Å². The maximum Gasteiger partial charge on any atom is 0.330 e. The van der Waals surface area contributed by atoms with E-state index < -0.39 is 30.1 Å². The molecule has 108 valence electrons. The average Bonchev–Trinajstić information content (AvgIpc) is 2.69. The van der Waals surface area contributed by atoms with E-state index >= 15 is 0 Å². The molecule has 2 N–H and O–H groups in total. The molecule has 6 heteroatoms. The van der Waals surface area contributed by atoms with E-state index in [1.807, 2.05) is 0 Å². The summed E-state index contributed by atoms with van der Waals surface area (Å²) in [4.78, 5) is 10.8. The van der Waals surface area contributed by atoms with Crippen LogP contribution in [0.1, 0.15) is 13.8 Å². The number of esters is 1. The molecule has 1 saturated heterocycles. The summed E-state index contributed by atoms with van der Waals surface area (Å²) in [6, 6.07) is 0. The molecule has 1 aliphatic heterocycles. The predicted octanol–water partition coefficient (Wildman–Crippen LogP) is 0.145. The number of rotatable bonds is 5.